The van der Waals surface area contributed by atoms with Crippen molar-refractivity contribution in [3.63, 3.8) is 0 Å². The van der Waals surface area contributed by atoms with E-state index in [1.54, 1.807) is 59.7 Å². The second-order valence-electron chi connectivity index (χ2n) is 6.13. The van der Waals surface area contributed by atoms with Crippen molar-refractivity contribution < 1.29 is 14.0 Å². The third-order valence-corrected chi connectivity index (χ3v) is 4.18. The molecule has 144 valence electrons. The maximum atomic E-state index is 12.5. The Morgan fingerprint density at radius 2 is 1.83 bits per heavy atom. The third-order valence-electron chi connectivity index (χ3n) is 4.18. The Morgan fingerprint density at radius 1 is 0.966 bits per heavy atom. The molecule has 0 aliphatic heterocycles. The molecule has 0 spiro atoms. The molecule has 0 aliphatic rings. The Kier molecular flexibility index (Phi) is 5.15. The second kappa shape index (κ2) is 8.22. The predicted molar refractivity (Wildman–Crippen MR) is 106 cm³/mol. The van der Waals surface area contributed by atoms with E-state index in [4.69, 9.17) is 4.42 Å². The number of hydrogen-bond acceptors (Lipinski definition) is 5. The van der Waals surface area contributed by atoms with Crippen molar-refractivity contribution >= 4 is 17.5 Å². The highest BCUT2D eigenvalue weighted by Crippen LogP contribution is 2.13. The molecule has 0 saturated carbocycles. The number of nitrogens with zero attached hydrogens (tertiary/aromatic N) is 3. The first-order valence-corrected chi connectivity index (χ1v) is 8.88. The summed E-state index contributed by atoms with van der Waals surface area (Å²) in [5, 5.41) is 9.77. The van der Waals surface area contributed by atoms with Gasteiger partial charge >= 0.3 is 0 Å². The lowest BCUT2D eigenvalue weighted by Crippen LogP contribution is -2.24. The van der Waals surface area contributed by atoms with Crippen LogP contribution in [0, 0.1) is 0 Å². The number of rotatable bonds is 6. The van der Waals surface area contributed by atoms with Crippen LogP contribution in [-0.2, 0) is 6.54 Å². The minimum Gasteiger partial charge on any atom is -0.459 e. The van der Waals surface area contributed by atoms with Gasteiger partial charge in [0.2, 0.25) is 0 Å². The summed E-state index contributed by atoms with van der Waals surface area (Å²) < 4.78 is 6.70. The first-order chi connectivity index (χ1) is 14.2. The van der Waals surface area contributed by atoms with E-state index in [1.807, 2.05) is 18.2 Å². The number of hydrogen-bond donors (Lipinski definition) is 2. The summed E-state index contributed by atoms with van der Waals surface area (Å²) in [6.45, 7) is 0.304. The van der Waals surface area contributed by atoms with E-state index < -0.39 is 0 Å². The average Bonchev–Trinajstić information content (AvgIpc) is 3.47. The van der Waals surface area contributed by atoms with Crippen LogP contribution in [0.25, 0.3) is 5.82 Å². The summed E-state index contributed by atoms with van der Waals surface area (Å²) >= 11 is 0. The molecule has 0 radical (unpaired) electrons. The SMILES string of the molecule is O=C(NCc1cccnc1-n1cccn1)c1ccc(NC(=O)c2ccco2)cc1. The van der Waals surface area contributed by atoms with Gasteiger partial charge in [-0.15, -0.1) is 0 Å². The van der Waals surface area contributed by atoms with Gasteiger partial charge in [-0.2, -0.15) is 5.10 Å². The fraction of sp³-hybridized carbons (Fsp3) is 0.0476. The fourth-order valence-electron chi connectivity index (χ4n) is 2.75. The van der Waals surface area contributed by atoms with E-state index in [2.05, 4.69) is 20.7 Å². The van der Waals surface area contributed by atoms with Gasteiger partial charge in [-0.3, -0.25) is 9.59 Å². The average molecular weight is 387 g/mol. The van der Waals surface area contributed by atoms with Crippen LogP contribution in [0.15, 0.2) is 83.9 Å². The number of benzene rings is 1. The molecule has 8 nitrogen and oxygen atoms in total. The number of nitrogens with one attached hydrogen (secondary N) is 2. The zero-order valence-corrected chi connectivity index (χ0v) is 15.3. The lowest BCUT2D eigenvalue weighted by atomic mass is 10.2. The molecule has 2 amide bonds. The Morgan fingerprint density at radius 3 is 2.55 bits per heavy atom. The standard InChI is InChI=1S/C21H17N5O3/c27-20(23-14-16-4-1-10-22-19(16)26-12-3-11-24-26)15-6-8-17(9-7-15)25-21(28)18-5-2-13-29-18/h1-13H,14H2,(H,23,27)(H,25,28). The Bertz CT molecular complexity index is 1100. The van der Waals surface area contributed by atoms with Gasteiger partial charge in [0.15, 0.2) is 11.6 Å². The summed E-state index contributed by atoms with van der Waals surface area (Å²) in [5.41, 5.74) is 1.88. The van der Waals surface area contributed by atoms with Crippen molar-refractivity contribution in [1.29, 1.82) is 0 Å². The minimum atomic E-state index is -0.352. The minimum absolute atomic E-state index is 0.219. The van der Waals surface area contributed by atoms with E-state index >= 15 is 0 Å². The normalized spacial score (nSPS) is 10.5. The van der Waals surface area contributed by atoms with Crippen LogP contribution in [-0.4, -0.2) is 26.6 Å². The van der Waals surface area contributed by atoms with Crippen LogP contribution < -0.4 is 10.6 Å². The number of carbonyl (C=O) groups is 2. The third kappa shape index (κ3) is 4.22. The highest BCUT2D eigenvalue weighted by atomic mass is 16.3. The molecule has 0 bridgehead atoms. The molecule has 0 atom stereocenters. The molecule has 0 fully saturated rings. The van der Waals surface area contributed by atoms with Gasteiger partial charge in [0.1, 0.15) is 0 Å². The van der Waals surface area contributed by atoms with Gasteiger partial charge in [-0.1, -0.05) is 6.07 Å². The topological polar surface area (TPSA) is 102 Å². The van der Waals surface area contributed by atoms with Crippen LogP contribution in [0.1, 0.15) is 26.5 Å². The zero-order valence-electron chi connectivity index (χ0n) is 15.3. The summed E-state index contributed by atoms with van der Waals surface area (Å²) in [4.78, 5) is 28.8. The molecule has 3 heterocycles. The van der Waals surface area contributed by atoms with E-state index in [9.17, 15) is 9.59 Å². The van der Waals surface area contributed by atoms with Crippen LogP contribution >= 0.6 is 0 Å². The second-order valence-corrected chi connectivity index (χ2v) is 6.13. The molecular weight excluding hydrogens is 370 g/mol. The Hall–Kier alpha value is -4.20. The molecule has 29 heavy (non-hydrogen) atoms. The monoisotopic (exact) mass is 387 g/mol. The number of pyridine rings is 1. The molecule has 4 rings (SSSR count). The zero-order chi connectivity index (χ0) is 20.1. The molecule has 1 aromatic carbocycles. The van der Waals surface area contributed by atoms with Crippen molar-refractivity contribution in [3.05, 3.63) is 96.3 Å². The highest BCUT2D eigenvalue weighted by molar-refractivity contribution is 6.02. The van der Waals surface area contributed by atoms with Crippen LogP contribution in [0.5, 0.6) is 0 Å². The summed E-state index contributed by atoms with van der Waals surface area (Å²) in [6, 6.07) is 15.3. The predicted octanol–water partition coefficient (Wildman–Crippen LogP) is 3.04. The van der Waals surface area contributed by atoms with Crippen LogP contribution in [0.3, 0.4) is 0 Å². The van der Waals surface area contributed by atoms with Crippen molar-refractivity contribution in [2.24, 2.45) is 0 Å². The number of aromatic nitrogens is 3. The van der Waals surface area contributed by atoms with E-state index in [0.717, 1.165) is 5.56 Å². The summed E-state index contributed by atoms with van der Waals surface area (Å²) in [5.74, 6) is 0.296. The Balaban J connectivity index is 1.39. The first kappa shape index (κ1) is 18.2. The van der Waals surface area contributed by atoms with Gasteiger partial charge in [-0.05, 0) is 48.5 Å². The summed E-state index contributed by atoms with van der Waals surface area (Å²) in [6.07, 6.45) is 6.58. The molecule has 0 unspecified atom stereocenters. The van der Waals surface area contributed by atoms with Crippen LogP contribution in [0.4, 0.5) is 5.69 Å². The van der Waals surface area contributed by atoms with Gasteiger partial charge in [0.25, 0.3) is 11.8 Å². The van der Waals surface area contributed by atoms with Crippen LogP contribution in [0.2, 0.25) is 0 Å². The molecule has 0 aliphatic carbocycles. The maximum Gasteiger partial charge on any atom is 0.291 e. The molecule has 0 saturated heterocycles. The lowest BCUT2D eigenvalue weighted by molar-refractivity contribution is 0.0950. The van der Waals surface area contributed by atoms with E-state index in [1.165, 1.54) is 6.26 Å². The fourth-order valence-corrected chi connectivity index (χ4v) is 2.75. The molecular formula is C21H17N5O3. The van der Waals surface area contributed by atoms with Gasteiger partial charge in [0, 0.05) is 41.9 Å². The molecule has 2 N–H and O–H groups in total. The van der Waals surface area contributed by atoms with Crippen molar-refractivity contribution in [2.45, 2.75) is 6.54 Å². The maximum absolute atomic E-state index is 12.5. The lowest BCUT2D eigenvalue weighted by Gasteiger charge is -2.10. The number of amides is 2. The van der Waals surface area contributed by atoms with Crippen molar-refractivity contribution in [3.8, 4) is 5.82 Å². The molecule has 8 heteroatoms. The van der Waals surface area contributed by atoms with Gasteiger partial charge in [0.05, 0.1) is 6.26 Å². The first-order valence-electron chi connectivity index (χ1n) is 8.88. The highest BCUT2D eigenvalue weighted by Gasteiger charge is 2.11. The summed E-state index contributed by atoms with van der Waals surface area (Å²) in [7, 11) is 0. The smallest absolute Gasteiger partial charge is 0.291 e. The van der Waals surface area contributed by atoms with Crippen molar-refractivity contribution in [2.75, 3.05) is 5.32 Å². The van der Waals surface area contributed by atoms with Gasteiger partial charge < -0.3 is 15.1 Å². The van der Waals surface area contributed by atoms with E-state index in [0.29, 0.717) is 23.6 Å². The number of anilines is 1. The molecule has 4 aromatic rings. The molecule has 3 aromatic heterocycles. The largest absolute Gasteiger partial charge is 0.459 e. The van der Waals surface area contributed by atoms with Crippen molar-refractivity contribution in [1.82, 2.24) is 20.1 Å². The van der Waals surface area contributed by atoms with E-state index in [-0.39, 0.29) is 17.6 Å². The number of carbonyl (C=O) groups excluding carboxylic acids is 2. The quantitative estimate of drug-likeness (QED) is 0.529. The number of furan rings is 1. The van der Waals surface area contributed by atoms with Gasteiger partial charge in [-0.25, -0.2) is 9.67 Å². The Labute approximate surface area is 166 Å².